The molecule has 1 amide bonds. The molecule has 140 valence electrons. The first kappa shape index (κ1) is 17.5. The molecule has 1 atom stereocenters. The third-order valence-corrected chi connectivity index (χ3v) is 4.84. The van der Waals surface area contributed by atoms with Gasteiger partial charge in [0.1, 0.15) is 5.82 Å². The molecule has 1 aliphatic heterocycles. The van der Waals surface area contributed by atoms with Crippen molar-refractivity contribution in [3.05, 3.63) is 59.4 Å². The van der Waals surface area contributed by atoms with Crippen LogP contribution in [0.25, 0.3) is 11.3 Å². The number of nitrogens with zero attached hydrogens (tertiary/aromatic N) is 3. The van der Waals surface area contributed by atoms with Crippen molar-refractivity contribution in [1.29, 1.82) is 0 Å². The molecule has 3 heterocycles. The van der Waals surface area contributed by atoms with Crippen LogP contribution in [0.4, 0.5) is 4.39 Å². The molecular formula is C20H20FN3O3. The first-order valence-corrected chi connectivity index (χ1v) is 9.03. The average molecular weight is 369 g/mol. The Balaban J connectivity index is 1.55. The zero-order valence-corrected chi connectivity index (χ0v) is 15.2. The van der Waals surface area contributed by atoms with E-state index in [0.29, 0.717) is 23.6 Å². The van der Waals surface area contributed by atoms with Gasteiger partial charge in [0.15, 0.2) is 17.2 Å². The maximum Gasteiger partial charge on any atom is 0.276 e. The summed E-state index contributed by atoms with van der Waals surface area (Å²) < 4.78 is 23.9. The summed E-state index contributed by atoms with van der Waals surface area (Å²) in [5.74, 6) is 0.851. The molecule has 1 unspecified atom stereocenters. The predicted molar refractivity (Wildman–Crippen MR) is 95.5 cm³/mol. The molecule has 0 bridgehead atoms. The number of halogens is 1. The first-order chi connectivity index (χ1) is 13.0. The number of amides is 1. The number of benzene rings is 1. The van der Waals surface area contributed by atoms with Crippen LogP contribution in [0.2, 0.25) is 0 Å². The van der Waals surface area contributed by atoms with Crippen molar-refractivity contribution in [2.45, 2.75) is 38.6 Å². The van der Waals surface area contributed by atoms with E-state index in [1.165, 1.54) is 12.1 Å². The van der Waals surface area contributed by atoms with E-state index in [2.05, 4.69) is 10.3 Å². The van der Waals surface area contributed by atoms with Crippen molar-refractivity contribution >= 4 is 5.91 Å². The van der Waals surface area contributed by atoms with Crippen LogP contribution < -0.4 is 0 Å². The van der Waals surface area contributed by atoms with Gasteiger partial charge in [0, 0.05) is 24.2 Å². The molecule has 2 aromatic heterocycles. The van der Waals surface area contributed by atoms with Crippen molar-refractivity contribution in [2.24, 2.45) is 0 Å². The Morgan fingerprint density at radius 2 is 1.96 bits per heavy atom. The molecule has 0 saturated carbocycles. The quantitative estimate of drug-likeness (QED) is 0.674. The van der Waals surface area contributed by atoms with Gasteiger partial charge >= 0.3 is 0 Å². The van der Waals surface area contributed by atoms with Gasteiger partial charge < -0.3 is 13.9 Å². The van der Waals surface area contributed by atoms with Crippen LogP contribution in [-0.2, 0) is 0 Å². The van der Waals surface area contributed by atoms with E-state index in [-0.39, 0.29) is 29.4 Å². The number of carbonyl (C=O) groups is 1. The second-order valence-corrected chi connectivity index (χ2v) is 7.05. The lowest BCUT2D eigenvalue weighted by atomic mass is 10.1. The number of likely N-dealkylation sites (tertiary alicyclic amines) is 1. The second-order valence-electron chi connectivity index (χ2n) is 7.05. The van der Waals surface area contributed by atoms with Crippen LogP contribution in [0.1, 0.15) is 60.6 Å². The van der Waals surface area contributed by atoms with Crippen molar-refractivity contribution in [3.63, 3.8) is 0 Å². The molecule has 7 heteroatoms. The molecule has 6 nitrogen and oxygen atoms in total. The number of hydrogen-bond donors (Lipinski definition) is 0. The second kappa shape index (κ2) is 6.98. The van der Waals surface area contributed by atoms with Crippen molar-refractivity contribution in [1.82, 2.24) is 15.2 Å². The summed E-state index contributed by atoms with van der Waals surface area (Å²) in [7, 11) is 0. The SMILES string of the molecule is CC(C)c1cc(C2CCCN2C(=O)c2cc(-c3ccc(F)cc3)on2)on1. The summed E-state index contributed by atoms with van der Waals surface area (Å²) in [5, 5.41) is 8.01. The lowest BCUT2D eigenvalue weighted by molar-refractivity contribution is 0.0704. The highest BCUT2D eigenvalue weighted by atomic mass is 19.1. The third-order valence-electron chi connectivity index (χ3n) is 4.84. The van der Waals surface area contributed by atoms with Gasteiger partial charge in [-0.05, 0) is 43.0 Å². The lowest BCUT2D eigenvalue weighted by Gasteiger charge is -2.21. The van der Waals surface area contributed by atoms with E-state index < -0.39 is 0 Å². The Morgan fingerprint density at radius 1 is 1.19 bits per heavy atom. The molecular weight excluding hydrogens is 349 g/mol. The van der Waals surface area contributed by atoms with Crippen LogP contribution in [0.5, 0.6) is 0 Å². The Bertz CT molecular complexity index is 946. The predicted octanol–water partition coefficient (Wildman–Crippen LogP) is 4.57. The van der Waals surface area contributed by atoms with Gasteiger partial charge in [0.05, 0.1) is 11.7 Å². The number of aromatic nitrogens is 2. The largest absolute Gasteiger partial charge is 0.359 e. The molecule has 27 heavy (non-hydrogen) atoms. The summed E-state index contributed by atoms with van der Waals surface area (Å²) in [4.78, 5) is 14.7. The van der Waals surface area contributed by atoms with Gasteiger partial charge in [-0.15, -0.1) is 0 Å². The summed E-state index contributed by atoms with van der Waals surface area (Å²) in [5.41, 5.74) is 1.77. The van der Waals surface area contributed by atoms with Gasteiger partial charge in [0.25, 0.3) is 5.91 Å². The summed E-state index contributed by atoms with van der Waals surface area (Å²) >= 11 is 0. The monoisotopic (exact) mass is 369 g/mol. The number of carbonyl (C=O) groups excluding carboxylic acids is 1. The number of hydrogen-bond acceptors (Lipinski definition) is 5. The van der Waals surface area contributed by atoms with Gasteiger partial charge in [0.2, 0.25) is 0 Å². The van der Waals surface area contributed by atoms with Crippen molar-refractivity contribution in [2.75, 3.05) is 6.54 Å². The van der Waals surface area contributed by atoms with Crippen molar-refractivity contribution < 1.29 is 18.2 Å². The van der Waals surface area contributed by atoms with Crippen LogP contribution in [-0.4, -0.2) is 27.7 Å². The summed E-state index contributed by atoms with van der Waals surface area (Å²) in [6.07, 6.45) is 1.71. The van der Waals surface area contributed by atoms with E-state index in [4.69, 9.17) is 9.05 Å². The minimum absolute atomic E-state index is 0.150. The molecule has 4 rings (SSSR count). The van der Waals surface area contributed by atoms with Crippen LogP contribution >= 0.6 is 0 Å². The molecule has 0 N–H and O–H groups in total. The smallest absolute Gasteiger partial charge is 0.276 e. The maximum atomic E-state index is 13.1. The van der Waals surface area contributed by atoms with E-state index in [9.17, 15) is 9.18 Å². The average Bonchev–Trinajstić information content (AvgIpc) is 3.40. The third kappa shape index (κ3) is 3.37. The first-order valence-electron chi connectivity index (χ1n) is 9.03. The van der Waals surface area contributed by atoms with Gasteiger partial charge in [-0.3, -0.25) is 4.79 Å². The molecule has 0 radical (unpaired) electrons. The molecule has 0 spiro atoms. The van der Waals surface area contributed by atoms with E-state index in [0.717, 1.165) is 18.5 Å². The normalized spacial score (nSPS) is 17.0. The molecule has 1 fully saturated rings. The van der Waals surface area contributed by atoms with Crippen molar-refractivity contribution in [3.8, 4) is 11.3 Å². The topological polar surface area (TPSA) is 72.4 Å². The highest BCUT2D eigenvalue weighted by Crippen LogP contribution is 2.34. The fraction of sp³-hybridized carbons (Fsp3) is 0.350. The fourth-order valence-corrected chi connectivity index (χ4v) is 3.31. The molecule has 3 aromatic rings. The van der Waals surface area contributed by atoms with Crippen LogP contribution in [0.15, 0.2) is 45.4 Å². The molecule has 1 saturated heterocycles. The minimum Gasteiger partial charge on any atom is -0.359 e. The maximum absolute atomic E-state index is 13.1. The highest BCUT2D eigenvalue weighted by Gasteiger charge is 2.34. The summed E-state index contributed by atoms with van der Waals surface area (Å²) in [6, 6.07) is 9.22. The Morgan fingerprint density at radius 3 is 2.67 bits per heavy atom. The Hall–Kier alpha value is -2.96. The van der Waals surface area contributed by atoms with E-state index in [1.54, 1.807) is 23.1 Å². The van der Waals surface area contributed by atoms with Gasteiger partial charge in [-0.2, -0.15) is 0 Å². The van der Waals surface area contributed by atoms with Crippen LogP contribution in [0.3, 0.4) is 0 Å². The number of rotatable bonds is 4. The molecule has 0 aliphatic carbocycles. The van der Waals surface area contributed by atoms with E-state index >= 15 is 0 Å². The molecule has 1 aliphatic rings. The lowest BCUT2D eigenvalue weighted by Crippen LogP contribution is -2.30. The summed E-state index contributed by atoms with van der Waals surface area (Å²) in [6.45, 7) is 4.72. The standard InChI is InChI=1S/C20H20FN3O3/c1-12(2)15-10-19(27-22-15)17-4-3-9-24(17)20(25)16-11-18(26-23-16)13-5-7-14(21)8-6-13/h5-8,10-12,17H,3-4,9H2,1-2H3. The minimum atomic E-state index is -0.331. The van der Waals surface area contributed by atoms with Crippen LogP contribution in [0, 0.1) is 5.82 Å². The van der Waals surface area contributed by atoms with Gasteiger partial charge in [-0.1, -0.05) is 24.2 Å². The fourth-order valence-electron chi connectivity index (χ4n) is 3.31. The zero-order chi connectivity index (χ0) is 19.0. The molecule has 1 aromatic carbocycles. The van der Waals surface area contributed by atoms with Gasteiger partial charge in [-0.25, -0.2) is 4.39 Å². The highest BCUT2D eigenvalue weighted by molar-refractivity contribution is 5.93. The Kier molecular flexibility index (Phi) is 4.51. The Labute approximate surface area is 155 Å². The zero-order valence-electron chi connectivity index (χ0n) is 15.2. The van der Waals surface area contributed by atoms with E-state index in [1.807, 2.05) is 19.9 Å².